The molecule has 12 heteroatoms. The van der Waals surface area contributed by atoms with Crippen LogP contribution >= 0.6 is 11.3 Å². The van der Waals surface area contributed by atoms with Crippen molar-refractivity contribution >= 4 is 45.0 Å². The van der Waals surface area contributed by atoms with Gasteiger partial charge in [0, 0.05) is 36.4 Å². The number of H-pyrrole nitrogens is 1. The number of aliphatic carboxylic acids is 1. The van der Waals surface area contributed by atoms with E-state index >= 15 is 0 Å². The number of ether oxygens (including phenoxy) is 1. The Morgan fingerprint density at radius 2 is 2.11 bits per heavy atom. The summed E-state index contributed by atoms with van der Waals surface area (Å²) in [4.78, 5) is 29.9. The number of fused-ring (bicyclic) bond motifs is 1. The van der Waals surface area contributed by atoms with Gasteiger partial charge in [0.2, 0.25) is 0 Å². The molecule has 1 aromatic carbocycles. The van der Waals surface area contributed by atoms with Gasteiger partial charge in [-0.05, 0) is 69.4 Å². The van der Waals surface area contributed by atoms with Crippen LogP contribution in [-0.2, 0) is 17.8 Å². The molecule has 38 heavy (non-hydrogen) atoms. The Morgan fingerprint density at radius 3 is 2.89 bits per heavy atom. The minimum Gasteiger partial charge on any atom is -0.491 e. The van der Waals surface area contributed by atoms with Crippen LogP contribution < -0.4 is 20.7 Å². The number of thiazole rings is 1. The van der Waals surface area contributed by atoms with E-state index in [4.69, 9.17) is 4.74 Å². The summed E-state index contributed by atoms with van der Waals surface area (Å²) in [5.41, 5.74) is 3.48. The van der Waals surface area contributed by atoms with Gasteiger partial charge < -0.3 is 35.7 Å². The van der Waals surface area contributed by atoms with Gasteiger partial charge in [-0.15, -0.1) is 11.3 Å². The monoisotopic (exact) mass is 538 g/mol. The van der Waals surface area contributed by atoms with Gasteiger partial charge in [-0.25, -0.2) is 15.0 Å². The average Bonchev–Trinajstić information content (AvgIpc) is 3.57. The summed E-state index contributed by atoms with van der Waals surface area (Å²) in [6, 6.07) is 5.71. The average molecular weight is 539 g/mol. The maximum absolute atomic E-state index is 11.3. The first-order chi connectivity index (χ1) is 18.5. The number of carboxylic acids is 1. The van der Waals surface area contributed by atoms with Crippen molar-refractivity contribution in [3.63, 3.8) is 0 Å². The summed E-state index contributed by atoms with van der Waals surface area (Å²) >= 11 is 1.53. The number of carboxylic acid groups (broad SMARTS) is 1. The van der Waals surface area contributed by atoms with Crippen molar-refractivity contribution in [3.05, 3.63) is 53.4 Å². The van der Waals surface area contributed by atoms with Crippen LogP contribution in [0.3, 0.4) is 0 Å². The molecular weight excluding hydrogens is 504 g/mol. The predicted molar refractivity (Wildman–Crippen MR) is 151 cm³/mol. The highest BCUT2D eigenvalue weighted by Crippen LogP contribution is 2.30. The van der Waals surface area contributed by atoms with Crippen molar-refractivity contribution < 1.29 is 14.6 Å². The number of aromatic nitrogens is 4. The molecule has 4 aromatic rings. The van der Waals surface area contributed by atoms with Gasteiger partial charge in [-0.3, -0.25) is 4.79 Å². The SMILES string of the molecule is CNCCCN(C)Cc1c[nH]c2ncnc(Nc3ccc(OCCNc4nccs4)c(CCC(=O)O)c3)c12. The van der Waals surface area contributed by atoms with Crippen molar-refractivity contribution in [2.24, 2.45) is 0 Å². The Bertz CT molecular complexity index is 1310. The normalized spacial score (nSPS) is 11.2. The van der Waals surface area contributed by atoms with Crippen LogP contribution in [-0.4, -0.2) is 76.2 Å². The smallest absolute Gasteiger partial charge is 0.303 e. The molecule has 0 aliphatic carbocycles. The van der Waals surface area contributed by atoms with Crippen LogP contribution in [0.15, 0.2) is 42.3 Å². The van der Waals surface area contributed by atoms with Gasteiger partial charge in [-0.2, -0.15) is 0 Å². The lowest BCUT2D eigenvalue weighted by atomic mass is 10.1. The lowest BCUT2D eigenvalue weighted by molar-refractivity contribution is -0.136. The molecule has 0 saturated carbocycles. The number of anilines is 3. The molecule has 0 fully saturated rings. The quantitative estimate of drug-likeness (QED) is 0.134. The number of aryl methyl sites for hydroxylation is 1. The molecule has 0 atom stereocenters. The Balaban J connectivity index is 1.48. The predicted octanol–water partition coefficient (Wildman–Crippen LogP) is 3.71. The molecule has 0 amide bonds. The lowest BCUT2D eigenvalue weighted by Crippen LogP contribution is -2.22. The van der Waals surface area contributed by atoms with Crippen molar-refractivity contribution in [1.29, 1.82) is 0 Å². The number of hydrogen-bond donors (Lipinski definition) is 5. The fourth-order valence-corrected chi connectivity index (χ4v) is 4.70. The molecule has 0 unspecified atom stereocenters. The summed E-state index contributed by atoms with van der Waals surface area (Å²) in [6.45, 7) is 3.72. The van der Waals surface area contributed by atoms with E-state index in [1.807, 2.05) is 36.8 Å². The zero-order valence-electron chi connectivity index (χ0n) is 21.7. The Kier molecular flexibility index (Phi) is 9.84. The summed E-state index contributed by atoms with van der Waals surface area (Å²) < 4.78 is 5.99. The zero-order chi connectivity index (χ0) is 26.7. The third-order valence-corrected chi connectivity index (χ3v) is 6.69. The highest BCUT2D eigenvalue weighted by atomic mass is 32.1. The van der Waals surface area contributed by atoms with Crippen molar-refractivity contribution in [3.8, 4) is 5.75 Å². The number of nitrogens with zero attached hydrogens (tertiary/aromatic N) is 4. The van der Waals surface area contributed by atoms with E-state index in [2.05, 4.69) is 47.8 Å². The fraction of sp³-hybridized carbons (Fsp3) is 0.385. The number of benzene rings is 1. The minimum absolute atomic E-state index is 0.0107. The molecule has 3 heterocycles. The molecule has 11 nitrogen and oxygen atoms in total. The van der Waals surface area contributed by atoms with Crippen molar-refractivity contribution in [2.75, 3.05) is 51.0 Å². The third kappa shape index (κ3) is 7.63. The van der Waals surface area contributed by atoms with E-state index in [0.29, 0.717) is 31.1 Å². The molecule has 0 bridgehead atoms. The minimum atomic E-state index is -0.854. The van der Waals surface area contributed by atoms with E-state index in [0.717, 1.165) is 59.0 Å². The topological polar surface area (TPSA) is 140 Å². The van der Waals surface area contributed by atoms with Gasteiger partial charge >= 0.3 is 5.97 Å². The molecular formula is C26H34N8O3S. The van der Waals surface area contributed by atoms with E-state index in [9.17, 15) is 9.90 Å². The van der Waals surface area contributed by atoms with E-state index < -0.39 is 5.97 Å². The molecule has 0 saturated heterocycles. The first-order valence-corrected chi connectivity index (χ1v) is 13.4. The van der Waals surface area contributed by atoms with E-state index in [1.54, 1.807) is 6.20 Å². The standard InChI is InChI=1S/C26H34N8O3S/c1-27-8-3-11-34(2)16-19-15-30-24-23(19)25(32-17-31-24)33-20-5-6-21(18(14-20)4-7-22(35)36)37-12-9-28-26-29-10-13-38-26/h5-6,10,13-15,17,27H,3-4,7-9,11-12,16H2,1-2H3,(H,28,29)(H,35,36)(H2,30,31,32,33). The van der Waals surface area contributed by atoms with Crippen LogP contribution in [0.1, 0.15) is 24.0 Å². The van der Waals surface area contributed by atoms with Crippen molar-refractivity contribution in [1.82, 2.24) is 30.2 Å². The van der Waals surface area contributed by atoms with Crippen LogP contribution in [0, 0.1) is 0 Å². The van der Waals surface area contributed by atoms with Crippen LogP contribution in [0.2, 0.25) is 0 Å². The van der Waals surface area contributed by atoms with Gasteiger partial charge in [0.05, 0.1) is 11.9 Å². The number of hydrogen-bond acceptors (Lipinski definition) is 10. The van der Waals surface area contributed by atoms with Crippen LogP contribution in [0.4, 0.5) is 16.6 Å². The first kappa shape index (κ1) is 27.3. The molecule has 4 rings (SSSR count). The van der Waals surface area contributed by atoms with Gasteiger partial charge in [0.15, 0.2) is 5.13 Å². The fourth-order valence-electron chi connectivity index (χ4n) is 4.14. The number of aromatic amines is 1. The Hall–Kier alpha value is -3.74. The van der Waals surface area contributed by atoms with E-state index in [-0.39, 0.29) is 6.42 Å². The molecule has 0 radical (unpaired) electrons. The van der Waals surface area contributed by atoms with Gasteiger partial charge in [-0.1, -0.05) is 0 Å². The molecule has 202 valence electrons. The van der Waals surface area contributed by atoms with E-state index in [1.165, 1.54) is 17.7 Å². The summed E-state index contributed by atoms with van der Waals surface area (Å²) in [6.07, 6.45) is 6.68. The van der Waals surface area contributed by atoms with Crippen LogP contribution in [0.5, 0.6) is 5.75 Å². The lowest BCUT2D eigenvalue weighted by Gasteiger charge is -2.17. The summed E-state index contributed by atoms with van der Waals surface area (Å²) in [7, 11) is 4.06. The summed E-state index contributed by atoms with van der Waals surface area (Å²) in [5, 5.41) is 22.7. The highest BCUT2D eigenvalue weighted by Gasteiger charge is 2.14. The largest absolute Gasteiger partial charge is 0.491 e. The molecule has 0 spiro atoms. The highest BCUT2D eigenvalue weighted by molar-refractivity contribution is 7.13. The molecule has 0 aliphatic heterocycles. The Labute approximate surface area is 225 Å². The van der Waals surface area contributed by atoms with Gasteiger partial charge in [0.25, 0.3) is 0 Å². The third-order valence-electron chi connectivity index (χ3n) is 5.96. The first-order valence-electron chi connectivity index (χ1n) is 12.6. The Morgan fingerprint density at radius 1 is 1.21 bits per heavy atom. The molecule has 0 aliphatic rings. The van der Waals surface area contributed by atoms with Gasteiger partial charge in [0.1, 0.15) is 30.1 Å². The van der Waals surface area contributed by atoms with Crippen molar-refractivity contribution in [2.45, 2.75) is 25.8 Å². The van der Waals surface area contributed by atoms with Crippen LogP contribution in [0.25, 0.3) is 11.0 Å². The second kappa shape index (κ2) is 13.7. The maximum atomic E-state index is 11.3. The molecule has 5 N–H and O–H groups in total. The summed E-state index contributed by atoms with van der Waals surface area (Å²) in [5.74, 6) is 0.504. The second-order valence-corrected chi connectivity index (χ2v) is 9.80. The second-order valence-electron chi connectivity index (χ2n) is 8.91. The molecule has 3 aromatic heterocycles. The number of nitrogens with one attached hydrogen (secondary N) is 4. The number of carbonyl (C=O) groups is 1. The number of rotatable bonds is 16. The maximum Gasteiger partial charge on any atom is 0.303 e. The zero-order valence-corrected chi connectivity index (χ0v) is 22.5.